The van der Waals surface area contributed by atoms with E-state index in [0.29, 0.717) is 0 Å². The minimum absolute atomic E-state index is 0.0254. The van der Waals surface area contributed by atoms with E-state index in [-0.39, 0.29) is 24.2 Å². The Morgan fingerprint density at radius 3 is 2.61 bits per heavy atom. The minimum Gasteiger partial charge on any atom is -0.456 e. The van der Waals surface area contributed by atoms with Gasteiger partial charge in [0.25, 0.3) is 5.69 Å². The van der Waals surface area contributed by atoms with Crippen molar-refractivity contribution in [2.45, 2.75) is 44.9 Å². The Morgan fingerprint density at radius 2 is 2.00 bits per heavy atom. The lowest BCUT2D eigenvalue weighted by Crippen LogP contribution is -2.44. The quantitative estimate of drug-likeness (QED) is 0.345. The molecule has 10 heteroatoms. The first kappa shape index (κ1) is 21.3. The first-order chi connectivity index (χ1) is 13.0. The molecule has 10 nitrogen and oxygen atoms in total. The van der Waals surface area contributed by atoms with E-state index < -0.39 is 47.1 Å². The van der Waals surface area contributed by atoms with Crippen molar-refractivity contribution in [1.82, 2.24) is 4.90 Å². The first-order valence-corrected chi connectivity index (χ1v) is 8.60. The number of ketones is 1. The van der Waals surface area contributed by atoms with Gasteiger partial charge in [-0.2, -0.15) is 0 Å². The molecule has 2 rings (SSSR count). The van der Waals surface area contributed by atoms with Gasteiger partial charge in [-0.1, -0.05) is 12.1 Å². The van der Waals surface area contributed by atoms with E-state index in [9.17, 15) is 29.6 Å². The van der Waals surface area contributed by atoms with E-state index in [1.807, 2.05) is 0 Å². The van der Waals surface area contributed by atoms with Gasteiger partial charge in [-0.25, -0.2) is 9.59 Å². The second kappa shape index (κ2) is 8.34. The molecule has 1 heterocycles. The number of β-amino-alcohol motifs (C(OH)–C–C–N with tert-alkyl or cyclic N) is 1. The van der Waals surface area contributed by atoms with Crippen LogP contribution >= 0.6 is 0 Å². The number of nitrogens with zero attached hydrogens (tertiary/aromatic N) is 2. The SMILES string of the molecule is CC(C)(C)OC(=O)N1C[C@H](O)C[C@H]1C(=O)OCC(=O)c1cccc([N+](=O)[O-])c1. The number of nitro benzene ring substituents is 1. The summed E-state index contributed by atoms with van der Waals surface area (Å²) in [4.78, 5) is 47.9. The lowest BCUT2D eigenvalue weighted by Gasteiger charge is -2.27. The van der Waals surface area contributed by atoms with Gasteiger partial charge in [0.2, 0.25) is 5.78 Å². The summed E-state index contributed by atoms with van der Waals surface area (Å²) in [5, 5.41) is 20.6. The summed E-state index contributed by atoms with van der Waals surface area (Å²) in [5.41, 5.74) is -1.01. The van der Waals surface area contributed by atoms with Gasteiger partial charge in [-0.05, 0) is 20.8 Å². The van der Waals surface area contributed by atoms with Crippen molar-refractivity contribution in [3.05, 3.63) is 39.9 Å². The summed E-state index contributed by atoms with van der Waals surface area (Å²) in [6.07, 6.45) is -1.73. The number of rotatable bonds is 5. The fraction of sp³-hybridized carbons (Fsp3) is 0.500. The predicted molar refractivity (Wildman–Crippen MR) is 95.7 cm³/mol. The van der Waals surface area contributed by atoms with Gasteiger partial charge in [0.05, 0.1) is 17.6 Å². The number of nitro groups is 1. The van der Waals surface area contributed by atoms with Gasteiger partial charge in [0.15, 0.2) is 6.61 Å². The number of carbonyl (C=O) groups excluding carboxylic acids is 3. The highest BCUT2D eigenvalue weighted by Crippen LogP contribution is 2.22. The van der Waals surface area contributed by atoms with Gasteiger partial charge in [-0.15, -0.1) is 0 Å². The number of esters is 1. The molecule has 0 spiro atoms. The number of hydrogen-bond donors (Lipinski definition) is 1. The highest BCUT2D eigenvalue weighted by atomic mass is 16.6. The Balaban J connectivity index is 2.01. The van der Waals surface area contributed by atoms with Crippen LogP contribution in [0, 0.1) is 10.1 Å². The van der Waals surface area contributed by atoms with Crippen LogP contribution in [0.1, 0.15) is 37.6 Å². The van der Waals surface area contributed by atoms with Crippen LogP contribution in [0.25, 0.3) is 0 Å². The van der Waals surface area contributed by atoms with Crippen LogP contribution in [0.5, 0.6) is 0 Å². The molecule has 1 saturated heterocycles. The molecule has 0 aromatic heterocycles. The van der Waals surface area contributed by atoms with Gasteiger partial charge in [-0.3, -0.25) is 19.8 Å². The van der Waals surface area contributed by atoms with Crippen molar-refractivity contribution < 1.29 is 33.9 Å². The molecule has 1 aromatic carbocycles. The average Bonchev–Trinajstić information content (AvgIpc) is 3.00. The Labute approximate surface area is 161 Å². The number of likely N-dealkylation sites (tertiary alicyclic amines) is 1. The third-order valence-electron chi connectivity index (χ3n) is 3.90. The number of non-ortho nitro benzene ring substituents is 1. The van der Waals surface area contributed by atoms with E-state index >= 15 is 0 Å². The standard InChI is InChI=1S/C18H22N2O8/c1-18(2,3)28-17(24)19-9-13(21)8-14(19)16(23)27-10-15(22)11-5-4-6-12(7-11)20(25)26/h4-7,13-14,21H,8-10H2,1-3H3/t13-,14+/m1/s1. The minimum atomic E-state index is -1.08. The van der Waals surface area contributed by atoms with Crippen molar-refractivity contribution in [3.8, 4) is 0 Å². The van der Waals surface area contributed by atoms with Gasteiger partial charge >= 0.3 is 12.1 Å². The number of ether oxygens (including phenoxy) is 2. The topological polar surface area (TPSA) is 136 Å². The lowest BCUT2D eigenvalue weighted by atomic mass is 10.1. The number of amides is 1. The zero-order chi connectivity index (χ0) is 21.1. The Bertz CT molecular complexity index is 786. The Morgan fingerprint density at radius 1 is 1.32 bits per heavy atom. The molecule has 0 saturated carbocycles. The molecule has 1 fully saturated rings. The molecule has 152 valence electrons. The predicted octanol–water partition coefficient (Wildman–Crippen LogP) is 1.69. The molecule has 0 aliphatic carbocycles. The van der Waals surface area contributed by atoms with Gasteiger partial charge in [0.1, 0.15) is 11.6 Å². The molecule has 0 bridgehead atoms. The monoisotopic (exact) mass is 394 g/mol. The summed E-state index contributed by atoms with van der Waals surface area (Å²) < 4.78 is 10.2. The summed E-state index contributed by atoms with van der Waals surface area (Å²) in [6, 6.07) is 3.97. The largest absolute Gasteiger partial charge is 0.456 e. The zero-order valence-electron chi connectivity index (χ0n) is 15.8. The van der Waals surface area contributed by atoms with E-state index in [1.165, 1.54) is 18.2 Å². The number of carbonyl (C=O) groups is 3. The average molecular weight is 394 g/mol. The number of aliphatic hydroxyl groups is 1. The van der Waals surface area contributed by atoms with E-state index in [0.717, 1.165) is 11.0 Å². The van der Waals surface area contributed by atoms with Crippen LogP contribution in [0.15, 0.2) is 24.3 Å². The Kier molecular flexibility index (Phi) is 6.34. The van der Waals surface area contributed by atoms with Crippen LogP contribution in [-0.2, 0) is 14.3 Å². The highest BCUT2D eigenvalue weighted by molar-refractivity contribution is 5.98. The molecule has 28 heavy (non-hydrogen) atoms. The smallest absolute Gasteiger partial charge is 0.411 e. The van der Waals surface area contributed by atoms with Crippen LogP contribution in [0.2, 0.25) is 0 Å². The summed E-state index contributed by atoms with van der Waals surface area (Å²) in [6.45, 7) is 4.27. The molecule has 1 amide bonds. The van der Waals surface area contributed by atoms with Crippen LogP contribution in [0.4, 0.5) is 10.5 Å². The molecule has 1 aliphatic heterocycles. The van der Waals surface area contributed by atoms with Crippen LogP contribution < -0.4 is 0 Å². The van der Waals surface area contributed by atoms with Crippen molar-refractivity contribution in [2.75, 3.05) is 13.2 Å². The molecule has 2 atom stereocenters. The van der Waals surface area contributed by atoms with Crippen molar-refractivity contribution in [2.24, 2.45) is 0 Å². The lowest BCUT2D eigenvalue weighted by molar-refractivity contribution is -0.384. The number of hydrogen-bond acceptors (Lipinski definition) is 8. The van der Waals surface area contributed by atoms with Crippen molar-refractivity contribution in [1.29, 1.82) is 0 Å². The van der Waals surface area contributed by atoms with Gasteiger partial charge in [0, 0.05) is 24.1 Å². The molecule has 1 aliphatic rings. The van der Waals surface area contributed by atoms with Crippen LogP contribution in [0.3, 0.4) is 0 Å². The normalized spacial score (nSPS) is 19.2. The second-order valence-corrected chi connectivity index (χ2v) is 7.38. The summed E-state index contributed by atoms with van der Waals surface area (Å²) in [5.74, 6) is -1.49. The maximum atomic E-state index is 12.3. The summed E-state index contributed by atoms with van der Waals surface area (Å²) >= 11 is 0. The first-order valence-electron chi connectivity index (χ1n) is 8.60. The Hall–Kier alpha value is -3.01. The number of aliphatic hydroxyl groups excluding tert-OH is 1. The van der Waals surface area contributed by atoms with Crippen molar-refractivity contribution in [3.63, 3.8) is 0 Å². The maximum Gasteiger partial charge on any atom is 0.411 e. The highest BCUT2D eigenvalue weighted by Gasteiger charge is 2.42. The van der Waals surface area contributed by atoms with Crippen molar-refractivity contribution >= 4 is 23.5 Å². The third-order valence-corrected chi connectivity index (χ3v) is 3.90. The molecule has 1 N–H and O–H groups in total. The van der Waals surface area contributed by atoms with E-state index in [1.54, 1.807) is 20.8 Å². The molecular formula is C18H22N2O8. The number of Topliss-reactive ketones (excluding diaryl/α,β-unsaturated/α-hetero) is 1. The maximum absolute atomic E-state index is 12.3. The zero-order valence-corrected chi connectivity index (χ0v) is 15.8. The third kappa shape index (κ3) is 5.49. The molecule has 0 radical (unpaired) electrons. The van der Waals surface area contributed by atoms with E-state index in [2.05, 4.69) is 0 Å². The van der Waals surface area contributed by atoms with Crippen LogP contribution in [-0.4, -0.2) is 63.7 Å². The molecule has 0 unspecified atom stereocenters. The number of benzene rings is 1. The second-order valence-electron chi connectivity index (χ2n) is 7.38. The fourth-order valence-corrected chi connectivity index (χ4v) is 2.67. The molecular weight excluding hydrogens is 372 g/mol. The molecule has 1 aromatic rings. The fourth-order valence-electron chi connectivity index (χ4n) is 2.67. The van der Waals surface area contributed by atoms with Gasteiger partial charge < -0.3 is 14.6 Å². The van der Waals surface area contributed by atoms with E-state index in [4.69, 9.17) is 9.47 Å². The summed E-state index contributed by atoms with van der Waals surface area (Å²) in [7, 11) is 0.